The Balaban J connectivity index is 1.84. The zero-order valence-electron chi connectivity index (χ0n) is 16.1. The van der Waals surface area contributed by atoms with E-state index in [0.29, 0.717) is 12.2 Å². The number of hydrogen-bond acceptors (Lipinski definition) is 3. The molecule has 0 radical (unpaired) electrons. The quantitative estimate of drug-likeness (QED) is 0.492. The van der Waals surface area contributed by atoms with Crippen molar-refractivity contribution < 1.29 is 13.9 Å². The highest BCUT2D eigenvalue weighted by molar-refractivity contribution is 5.96. The van der Waals surface area contributed by atoms with Gasteiger partial charge >= 0.3 is 0 Å². The van der Waals surface area contributed by atoms with E-state index in [-0.39, 0.29) is 24.1 Å². The summed E-state index contributed by atoms with van der Waals surface area (Å²) in [4.78, 5) is 12.8. The first kappa shape index (κ1) is 19.6. The van der Waals surface area contributed by atoms with Gasteiger partial charge < -0.3 is 10.1 Å². The molecule has 3 aromatic rings. The van der Waals surface area contributed by atoms with Gasteiger partial charge in [0.05, 0.1) is 12.6 Å². The van der Waals surface area contributed by atoms with E-state index in [2.05, 4.69) is 5.32 Å². The van der Waals surface area contributed by atoms with Gasteiger partial charge in [-0.25, -0.2) is 4.39 Å². The maximum absolute atomic E-state index is 13.2. The Kier molecular flexibility index (Phi) is 6.43. The molecule has 1 unspecified atom stereocenters. The van der Waals surface area contributed by atoms with Crippen molar-refractivity contribution in [3.8, 4) is 5.75 Å². The molecule has 0 spiro atoms. The van der Waals surface area contributed by atoms with Gasteiger partial charge in [-0.1, -0.05) is 24.3 Å². The van der Waals surface area contributed by atoms with Crippen molar-refractivity contribution in [2.45, 2.75) is 26.3 Å². The van der Waals surface area contributed by atoms with E-state index in [0.717, 1.165) is 22.6 Å². The van der Waals surface area contributed by atoms with Crippen LogP contribution in [-0.2, 0) is 0 Å². The molecular formula is C24H24FNO2. The van der Waals surface area contributed by atoms with Crippen molar-refractivity contribution in [1.29, 1.82) is 0 Å². The zero-order valence-corrected chi connectivity index (χ0v) is 16.1. The second-order valence-corrected chi connectivity index (χ2v) is 6.70. The Morgan fingerprint density at radius 1 is 1.04 bits per heavy atom. The van der Waals surface area contributed by atoms with Crippen LogP contribution in [-0.4, -0.2) is 12.4 Å². The highest BCUT2D eigenvalue weighted by atomic mass is 19.1. The van der Waals surface area contributed by atoms with Crippen LogP contribution in [0, 0.1) is 12.7 Å². The predicted octanol–water partition coefficient (Wildman–Crippen LogP) is 5.96. The Morgan fingerprint density at radius 2 is 1.75 bits per heavy atom. The Labute approximate surface area is 165 Å². The van der Waals surface area contributed by atoms with Gasteiger partial charge in [0.15, 0.2) is 5.78 Å². The average Bonchev–Trinajstić information content (AvgIpc) is 2.69. The van der Waals surface area contributed by atoms with Crippen LogP contribution < -0.4 is 10.1 Å². The number of nitrogens with one attached hydrogen (secondary N) is 1. The monoisotopic (exact) mass is 377 g/mol. The molecule has 28 heavy (non-hydrogen) atoms. The fraction of sp³-hybridized carbons (Fsp3) is 0.208. The van der Waals surface area contributed by atoms with E-state index in [4.69, 9.17) is 4.74 Å². The van der Waals surface area contributed by atoms with Crippen LogP contribution in [0.15, 0.2) is 72.8 Å². The van der Waals surface area contributed by atoms with Gasteiger partial charge in [-0.3, -0.25) is 4.79 Å². The van der Waals surface area contributed by atoms with Crippen LogP contribution in [0.5, 0.6) is 5.75 Å². The number of carbonyl (C=O) groups is 1. The van der Waals surface area contributed by atoms with Crippen LogP contribution in [0.25, 0.3) is 0 Å². The number of halogens is 1. The number of anilines is 1. The molecule has 0 bridgehead atoms. The summed E-state index contributed by atoms with van der Waals surface area (Å²) in [7, 11) is 0. The number of ether oxygens (including phenoxy) is 1. The second-order valence-electron chi connectivity index (χ2n) is 6.70. The zero-order chi connectivity index (χ0) is 19.9. The van der Waals surface area contributed by atoms with Gasteiger partial charge in [0.1, 0.15) is 11.6 Å². The first-order valence-corrected chi connectivity index (χ1v) is 9.40. The topological polar surface area (TPSA) is 38.3 Å². The summed E-state index contributed by atoms with van der Waals surface area (Å²) in [5.74, 6) is 0.405. The molecule has 0 amide bonds. The standard InChI is InChI=1S/C24H24FNO2/c1-3-28-22-13-9-18(10-14-22)23(26-21-6-4-5-17(2)15-21)16-24(27)19-7-11-20(25)12-8-19/h4-15,23,26H,3,16H2,1-2H3. The minimum absolute atomic E-state index is 0.0426. The molecule has 0 heterocycles. The maximum atomic E-state index is 13.2. The molecule has 3 nitrogen and oxygen atoms in total. The predicted molar refractivity (Wildman–Crippen MR) is 111 cm³/mol. The van der Waals surface area contributed by atoms with Crippen molar-refractivity contribution in [3.05, 3.63) is 95.3 Å². The molecule has 1 atom stereocenters. The normalized spacial score (nSPS) is 11.7. The van der Waals surface area contributed by atoms with Crippen LogP contribution >= 0.6 is 0 Å². The number of rotatable bonds is 8. The number of Topliss-reactive ketones (excluding diaryl/α,β-unsaturated/α-hetero) is 1. The molecule has 144 valence electrons. The van der Waals surface area contributed by atoms with E-state index in [1.54, 1.807) is 0 Å². The van der Waals surface area contributed by atoms with Gasteiger partial charge in [-0.15, -0.1) is 0 Å². The van der Waals surface area contributed by atoms with Crippen LogP contribution in [0.3, 0.4) is 0 Å². The van der Waals surface area contributed by atoms with Crippen molar-refractivity contribution in [1.82, 2.24) is 0 Å². The van der Waals surface area contributed by atoms with Gasteiger partial charge in [0.25, 0.3) is 0 Å². The van der Waals surface area contributed by atoms with Crippen molar-refractivity contribution in [2.24, 2.45) is 0 Å². The van der Waals surface area contributed by atoms with E-state index in [9.17, 15) is 9.18 Å². The van der Waals surface area contributed by atoms with E-state index < -0.39 is 0 Å². The molecular weight excluding hydrogens is 353 g/mol. The molecule has 1 N–H and O–H groups in total. The third kappa shape index (κ3) is 5.19. The van der Waals surface area contributed by atoms with Crippen LogP contribution in [0.1, 0.15) is 40.9 Å². The minimum atomic E-state index is -0.350. The fourth-order valence-electron chi connectivity index (χ4n) is 3.09. The molecule has 0 fully saturated rings. The Bertz CT molecular complexity index is 920. The second kappa shape index (κ2) is 9.18. The highest BCUT2D eigenvalue weighted by Crippen LogP contribution is 2.27. The van der Waals surface area contributed by atoms with Crippen molar-refractivity contribution in [3.63, 3.8) is 0 Å². The molecule has 0 aliphatic heterocycles. The summed E-state index contributed by atoms with van der Waals surface area (Å²) in [5, 5.41) is 3.46. The van der Waals surface area contributed by atoms with Crippen LogP contribution in [0.4, 0.5) is 10.1 Å². The van der Waals surface area contributed by atoms with E-state index in [1.165, 1.54) is 24.3 Å². The molecule has 0 saturated heterocycles. The average molecular weight is 377 g/mol. The molecule has 0 saturated carbocycles. The lowest BCUT2D eigenvalue weighted by Gasteiger charge is -2.21. The molecule has 0 aromatic heterocycles. The first-order valence-electron chi connectivity index (χ1n) is 9.40. The summed E-state index contributed by atoms with van der Waals surface area (Å²) in [6, 6.07) is 21.3. The first-order chi connectivity index (χ1) is 13.5. The lowest BCUT2D eigenvalue weighted by atomic mass is 9.97. The SMILES string of the molecule is CCOc1ccc(C(CC(=O)c2ccc(F)cc2)Nc2cccc(C)c2)cc1. The number of benzene rings is 3. The number of carbonyl (C=O) groups excluding carboxylic acids is 1. The van der Waals surface area contributed by atoms with E-state index in [1.807, 2.05) is 62.4 Å². The third-order valence-electron chi connectivity index (χ3n) is 4.51. The van der Waals surface area contributed by atoms with Gasteiger partial charge in [0.2, 0.25) is 0 Å². The van der Waals surface area contributed by atoms with Crippen molar-refractivity contribution >= 4 is 11.5 Å². The summed E-state index contributed by atoms with van der Waals surface area (Å²) in [5.41, 5.74) is 3.58. The summed E-state index contributed by atoms with van der Waals surface area (Å²) < 4.78 is 18.7. The molecule has 0 aliphatic rings. The molecule has 0 aliphatic carbocycles. The van der Waals surface area contributed by atoms with Gasteiger partial charge in [-0.2, -0.15) is 0 Å². The lowest BCUT2D eigenvalue weighted by Crippen LogP contribution is -2.16. The number of ketones is 1. The van der Waals surface area contributed by atoms with Crippen molar-refractivity contribution in [2.75, 3.05) is 11.9 Å². The van der Waals surface area contributed by atoms with Gasteiger partial charge in [0, 0.05) is 17.7 Å². The van der Waals surface area contributed by atoms with Gasteiger partial charge in [-0.05, 0) is 73.5 Å². The fourth-order valence-corrected chi connectivity index (χ4v) is 3.09. The Hall–Kier alpha value is -3.14. The summed E-state index contributed by atoms with van der Waals surface area (Å²) >= 11 is 0. The maximum Gasteiger partial charge on any atom is 0.165 e. The minimum Gasteiger partial charge on any atom is -0.494 e. The summed E-state index contributed by atoms with van der Waals surface area (Å²) in [6.07, 6.45) is 0.257. The smallest absolute Gasteiger partial charge is 0.165 e. The summed E-state index contributed by atoms with van der Waals surface area (Å²) in [6.45, 7) is 4.57. The molecule has 4 heteroatoms. The number of hydrogen-bond donors (Lipinski definition) is 1. The molecule has 3 aromatic carbocycles. The highest BCUT2D eigenvalue weighted by Gasteiger charge is 2.18. The van der Waals surface area contributed by atoms with Crippen LogP contribution in [0.2, 0.25) is 0 Å². The lowest BCUT2D eigenvalue weighted by molar-refractivity contribution is 0.0976. The Morgan fingerprint density at radius 3 is 2.39 bits per heavy atom. The number of aryl methyl sites for hydroxylation is 1. The third-order valence-corrected chi connectivity index (χ3v) is 4.51. The largest absolute Gasteiger partial charge is 0.494 e. The molecule has 3 rings (SSSR count). The van der Waals surface area contributed by atoms with E-state index >= 15 is 0 Å².